The number of amides is 4. The number of halogens is 3. The predicted octanol–water partition coefficient (Wildman–Crippen LogP) is 7.16. The second kappa shape index (κ2) is 12.0. The first-order valence-electron chi connectivity index (χ1n) is 16.8. The van der Waals surface area contributed by atoms with Gasteiger partial charge in [0.15, 0.2) is 0 Å². The molecule has 8 nitrogen and oxygen atoms in total. The molecular weight excluding hydrogens is 668 g/mol. The summed E-state index contributed by atoms with van der Waals surface area (Å²) >= 11 is 13.3. The minimum atomic E-state index is -1.54. The molecule has 252 valence electrons. The van der Waals surface area contributed by atoms with Gasteiger partial charge in [0.25, 0.3) is 11.8 Å². The number of carbonyl (C=O) groups excluding carboxylic acids is 4. The van der Waals surface area contributed by atoms with Crippen LogP contribution in [0.5, 0.6) is 5.75 Å². The van der Waals surface area contributed by atoms with Crippen LogP contribution >= 0.6 is 23.2 Å². The van der Waals surface area contributed by atoms with Crippen LogP contribution in [0.25, 0.3) is 0 Å². The largest absolute Gasteiger partial charge is 0.508 e. The Morgan fingerprint density at radius 1 is 0.837 bits per heavy atom. The topological polar surface area (TPSA) is 107 Å². The summed E-state index contributed by atoms with van der Waals surface area (Å²) in [6.45, 7) is 0. The van der Waals surface area contributed by atoms with E-state index in [2.05, 4.69) is 5.43 Å². The van der Waals surface area contributed by atoms with Gasteiger partial charge < -0.3 is 5.11 Å². The van der Waals surface area contributed by atoms with Crippen molar-refractivity contribution in [2.75, 3.05) is 5.43 Å². The van der Waals surface area contributed by atoms with E-state index in [1.54, 1.807) is 30.3 Å². The third-order valence-electron chi connectivity index (χ3n) is 11.5. The summed E-state index contributed by atoms with van der Waals surface area (Å²) < 4.78 is 13.8. The summed E-state index contributed by atoms with van der Waals surface area (Å²) in [7, 11) is 0. The molecule has 0 unspecified atom stereocenters. The zero-order chi connectivity index (χ0) is 34.2. The van der Waals surface area contributed by atoms with Crippen molar-refractivity contribution in [2.24, 2.45) is 23.7 Å². The van der Waals surface area contributed by atoms with Crippen LogP contribution in [0.15, 0.2) is 78.4 Å². The van der Waals surface area contributed by atoms with Crippen LogP contribution in [0.2, 0.25) is 10.0 Å². The lowest BCUT2D eigenvalue weighted by atomic mass is 9.49. The van der Waals surface area contributed by atoms with Crippen molar-refractivity contribution in [1.29, 1.82) is 0 Å². The number of hydrogen-bond donors (Lipinski definition) is 2. The van der Waals surface area contributed by atoms with Gasteiger partial charge in [-0.25, -0.2) is 4.39 Å². The van der Waals surface area contributed by atoms with E-state index in [0.717, 1.165) is 42.7 Å². The fourth-order valence-corrected chi connectivity index (χ4v) is 9.88. The van der Waals surface area contributed by atoms with Crippen molar-refractivity contribution in [3.63, 3.8) is 0 Å². The Morgan fingerprint density at radius 2 is 1.55 bits per heavy atom. The number of likely N-dealkylation sites (tertiary alicyclic amines) is 1. The fraction of sp³-hybridized carbons (Fsp3) is 0.368. The van der Waals surface area contributed by atoms with Gasteiger partial charge in [0, 0.05) is 22.0 Å². The number of allylic oxidation sites excluding steroid dienone is 2. The van der Waals surface area contributed by atoms with Crippen LogP contribution in [0.3, 0.4) is 0 Å². The molecule has 0 radical (unpaired) electrons. The summed E-state index contributed by atoms with van der Waals surface area (Å²) in [4.78, 5) is 59.7. The van der Waals surface area contributed by atoms with Crippen LogP contribution in [-0.4, -0.2) is 44.7 Å². The maximum Gasteiger partial charge on any atom is 0.260 e. The first-order chi connectivity index (χ1) is 23.6. The number of nitrogens with zero attached hydrogens (tertiary/aromatic N) is 2. The standard InChI is InChI=1S/C38H34Cl2FN3O5/c39-21-8-6-20(7-9-21)38-30(35(47)44(37(38)49)42-23-12-10-22(41)11-13-23)19-29-26(33(38)27-15-14-25(45)18-31(27)40)16-17-28-32(29)36(48)43(34(28)46)24-4-2-1-3-5-24/h6-16,18,24,28-30,32-33,42,45H,1-5,17,19H2/t28-,29+,30-,32-,33+,38+/m0/s1. The second-order valence-electron chi connectivity index (χ2n) is 13.9. The Morgan fingerprint density at radius 3 is 2.24 bits per heavy atom. The van der Waals surface area contributed by atoms with Gasteiger partial charge in [-0.15, -0.1) is 0 Å². The van der Waals surface area contributed by atoms with E-state index in [9.17, 15) is 23.9 Å². The molecule has 0 bridgehead atoms. The number of nitrogens with one attached hydrogen (secondary N) is 1. The zero-order valence-electron chi connectivity index (χ0n) is 26.5. The molecule has 4 fully saturated rings. The lowest BCUT2D eigenvalue weighted by Crippen LogP contribution is -2.53. The van der Waals surface area contributed by atoms with Gasteiger partial charge in [0.1, 0.15) is 11.6 Å². The summed E-state index contributed by atoms with van der Waals surface area (Å²) in [6.07, 6.45) is 7.02. The molecule has 0 spiro atoms. The number of fused-ring (bicyclic) bond motifs is 4. The smallest absolute Gasteiger partial charge is 0.260 e. The number of hydrogen-bond acceptors (Lipinski definition) is 6. The molecule has 2 saturated carbocycles. The molecule has 3 aliphatic carbocycles. The molecule has 3 aromatic rings. The van der Waals surface area contributed by atoms with E-state index >= 15 is 4.79 Å². The van der Waals surface area contributed by atoms with Crippen molar-refractivity contribution in [2.45, 2.75) is 62.3 Å². The van der Waals surface area contributed by atoms with E-state index in [0.29, 0.717) is 28.3 Å². The lowest BCUT2D eigenvalue weighted by Gasteiger charge is -2.50. The second-order valence-corrected chi connectivity index (χ2v) is 14.8. The van der Waals surface area contributed by atoms with Crippen LogP contribution in [0.1, 0.15) is 62.0 Å². The average molecular weight is 703 g/mol. The molecule has 11 heteroatoms. The maximum atomic E-state index is 15.2. The summed E-state index contributed by atoms with van der Waals surface area (Å²) in [5, 5.41) is 12.0. The number of anilines is 1. The van der Waals surface area contributed by atoms with E-state index in [-0.39, 0.29) is 35.0 Å². The Balaban J connectivity index is 1.32. The van der Waals surface area contributed by atoms with Crippen molar-refractivity contribution < 1.29 is 28.7 Å². The van der Waals surface area contributed by atoms with Crippen molar-refractivity contribution >= 4 is 52.5 Å². The highest BCUT2D eigenvalue weighted by Crippen LogP contribution is 2.65. The highest BCUT2D eigenvalue weighted by Gasteiger charge is 2.70. The SMILES string of the molecule is O=C1[C@@H]2C[C@@H]3C(=CC[C@@H]4C(=O)N(C5CCCCC5)C(=O)[C@@H]43)[C@H](c3ccc(O)cc3Cl)[C@]2(c2ccc(Cl)cc2)C(=O)N1Nc1ccc(F)cc1. The Hall–Kier alpha value is -4.21. The molecule has 0 aromatic heterocycles. The lowest BCUT2D eigenvalue weighted by molar-refractivity contribution is -0.144. The van der Waals surface area contributed by atoms with E-state index in [1.165, 1.54) is 41.3 Å². The minimum Gasteiger partial charge on any atom is -0.508 e. The fourth-order valence-electron chi connectivity index (χ4n) is 9.47. The third-order valence-corrected chi connectivity index (χ3v) is 12.1. The molecule has 2 saturated heterocycles. The molecule has 3 aromatic carbocycles. The van der Waals surface area contributed by atoms with E-state index < -0.39 is 52.6 Å². The minimum absolute atomic E-state index is 0.0657. The zero-order valence-corrected chi connectivity index (χ0v) is 28.0. The first-order valence-corrected chi connectivity index (χ1v) is 17.6. The molecule has 4 amide bonds. The number of carbonyl (C=O) groups is 4. The molecule has 8 rings (SSSR count). The number of phenols is 1. The molecule has 5 aliphatic rings. The van der Waals surface area contributed by atoms with Crippen molar-refractivity contribution in [3.8, 4) is 5.75 Å². The van der Waals surface area contributed by atoms with Crippen molar-refractivity contribution in [1.82, 2.24) is 9.91 Å². The van der Waals surface area contributed by atoms with E-state index in [4.69, 9.17) is 23.2 Å². The summed E-state index contributed by atoms with van der Waals surface area (Å²) in [6, 6.07) is 16.6. The van der Waals surface area contributed by atoms with Gasteiger partial charge in [-0.3, -0.25) is 29.5 Å². The maximum absolute atomic E-state index is 15.2. The van der Waals surface area contributed by atoms with Gasteiger partial charge in [0.2, 0.25) is 11.8 Å². The molecule has 6 atom stereocenters. The van der Waals surface area contributed by atoms with Gasteiger partial charge in [0.05, 0.1) is 28.9 Å². The molecular formula is C38H34Cl2FN3O5. The third kappa shape index (κ3) is 4.83. The molecule has 2 heterocycles. The number of rotatable bonds is 5. The number of benzene rings is 3. The quantitative estimate of drug-likeness (QED) is 0.216. The predicted molar refractivity (Wildman–Crippen MR) is 181 cm³/mol. The summed E-state index contributed by atoms with van der Waals surface area (Å²) in [5.41, 5.74) is 3.56. The van der Waals surface area contributed by atoms with Gasteiger partial charge in [-0.2, -0.15) is 5.01 Å². The first kappa shape index (κ1) is 32.0. The van der Waals surface area contributed by atoms with Gasteiger partial charge >= 0.3 is 0 Å². The summed E-state index contributed by atoms with van der Waals surface area (Å²) in [5.74, 6) is -5.51. The Labute approximate surface area is 292 Å². The monoisotopic (exact) mass is 701 g/mol. The van der Waals surface area contributed by atoms with Crippen LogP contribution < -0.4 is 5.43 Å². The Kier molecular flexibility index (Phi) is 7.83. The number of aromatic hydroxyl groups is 1. The highest BCUT2D eigenvalue weighted by molar-refractivity contribution is 6.32. The van der Waals surface area contributed by atoms with Crippen LogP contribution in [-0.2, 0) is 24.6 Å². The van der Waals surface area contributed by atoms with Crippen molar-refractivity contribution in [3.05, 3.63) is 105 Å². The molecule has 2 aliphatic heterocycles. The van der Waals surface area contributed by atoms with E-state index in [1.807, 2.05) is 6.08 Å². The Bertz CT molecular complexity index is 1910. The average Bonchev–Trinajstić information content (AvgIpc) is 3.47. The highest BCUT2D eigenvalue weighted by atomic mass is 35.5. The molecule has 49 heavy (non-hydrogen) atoms. The van der Waals surface area contributed by atoms with Gasteiger partial charge in [-0.05, 0) is 91.3 Å². The molecule has 2 N–H and O–H groups in total. The number of phenolic OH excluding ortho intramolecular Hbond substituents is 1. The normalized spacial score (nSPS) is 29.9. The van der Waals surface area contributed by atoms with Gasteiger partial charge in [-0.1, -0.05) is 72.3 Å². The number of hydrazine groups is 1. The van der Waals surface area contributed by atoms with Crippen LogP contribution in [0, 0.1) is 29.5 Å². The van der Waals surface area contributed by atoms with Crippen LogP contribution in [0.4, 0.5) is 10.1 Å². The number of imide groups is 2.